The molecule has 2 amide bonds. The number of hydrogen-bond acceptors (Lipinski definition) is 5. The molecule has 0 aromatic carbocycles. The van der Waals surface area contributed by atoms with E-state index in [0.717, 1.165) is 0 Å². The molecule has 110 valence electrons. The largest absolute Gasteiger partial charge is 0.437 e. The smallest absolute Gasteiger partial charge is 0.326 e. The van der Waals surface area contributed by atoms with Gasteiger partial charge in [0.05, 0.1) is 6.54 Å². The molecule has 20 heavy (non-hydrogen) atoms. The second-order valence-electron chi connectivity index (χ2n) is 6.06. The Bertz CT molecular complexity index is 546. The van der Waals surface area contributed by atoms with Crippen LogP contribution in [0, 0.1) is 0 Å². The van der Waals surface area contributed by atoms with Crippen molar-refractivity contribution in [3.63, 3.8) is 0 Å². The minimum Gasteiger partial charge on any atom is -0.437 e. The maximum Gasteiger partial charge on any atom is 0.326 e. The monoisotopic (exact) mass is 281 g/mol. The molecule has 1 N–H and O–H groups in total. The van der Waals surface area contributed by atoms with E-state index in [-0.39, 0.29) is 18.0 Å². The third kappa shape index (κ3) is 2.48. The fraction of sp³-hybridized carbons (Fsp3) is 0.615. The Morgan fingerprint density at radius 2 is 2.20 bits per heavy atom. The number of rotatable bonds is 2. The molecule has 0 radical (unpaired) electrons. The lowest BCUT2D eigenvalue weighted by Gasteiger charge is -2.30. The zero-order valence-electron chi connectivity index (χ0n) is 12.3. The molecule has 7 heteroatoms. The summed E-state index contributed by atoms with van der Waals surface area (Å²) in [4.78, 5) is 24.5. The van der Waals surface area contributed by atoms with Crippen molar-refractivity contribution < 1.29 is 18.8 Å². The molecule has 0 saturated carbocycles. The molecular weight excluding hydrogens is 262 g/mol. The van der Waals surface area contributed by atoms with Crippen molar-refractivity contribution in [1.29, 1.82) is 0 Å². The average molecular weight is 281 g/mol. The fourth-order valence-corrected chi connectivity index (χ4v) is 2.07. The van der Waals surface area contributed by atoms with E-state index < -0.39 is 11.7 Å². The van der Waals surface area contributed by atoms with Gasteiger partial charge in [0.1, 0.15) is 5.76 Å². The van der Waals surface area contributed by atoms with Gasteiger partial charge < -0.3 is 14.6 Å². The lowest BCUT2D eigenvalue weighted by atomic mass is 9.93. The van der Waals surface area contributed by atoms with E-state index >= 15 is 0 Å². The molecule has 1 saturated heterocycles. The molecule has 1 aliphatic rings. The molecule has 1 atom stereocenters. The molecule has 7 nitrogen and oxygen atoms in total. The van der Waals surface area contributed by atoms with Crippen LogP contribution in [-0.2, 0) is 14.9 Å². The SMILES string of the molecule is CC(=O)OC1(C)CNC(=O)N1c1cc(C(C)(C)C)on1. The molecule has 1 aliphatic heterocycles. The molecular formula is C13H19N3O4. The number of amides is 2. The highest BCUT2D eigenvalue weighted by Gasteiger charge is 2.47. The molecule has 2 heterocycles. The zero-order valence-corrected chi connectivity index (χ0v) is 12.3. The van der Waals surface area contributed by atoms with Gasteiger partial charge in [-0.1, -0.05) is 25.9 Å². The molecule has 1 aromatic heterocycles. The summed E-state index contributed by atoms with van der Waals surface area (Å²) in [5, 5.41) is 6.56. The van der Waals surface area contributed by atoms with Crippen molar-refractivity contribution in [2.45, 2.75) is 45.8 Å². The molecule has 0 bridgehead atoms. The summed E-state index contributed by atoms with van der Waals surface area (Å²) in [5.41, 5.74) is -1.33. The van der Waals surface area contributed by atoms with Crippen LogP contribution in [0.2, 0.25) is 0 Å². The first-order chi connectivity index (χ1) is 9.13. The standard InChI is InChI=1S/C13H19N3O4/c1-8(17)19-13(5)7-14-11(18)16(13)10-6-9(20-15-10)12(2,3)4/h6H,7H2,1-5H3,(H,14,18). The van der Waals surface area contributed by atoms with Crippen molar-refractivity contribution in [2.75, 3.05) is 11.4 Å². The fourth-order valence-electron chi connectivity index (χ4n) is 2.07. The van der Waals surface area contributed by atoms with Crippen molar-refractivity contribution in [3.05, 3.63) is 11.8 Å². The number of nitrogens with zero attached hydrogens (tertiary/aromatic N) is 2. The minimum atomic E-state index is -1.10. The van der Waals surface area contributed by atoms with E-state index in [1.807, 2.05) is 20.8 Å². The van der Waals surface area contributed by atoms with Crippen LogP contribution in [0.15, 0.2) is 10.6 Å². The Labute approximate surface area is 117 Å². The predicted octanol–water partition coefficient (Wildman–Crippen LogP) is 1.78. The molecule has 0 aliphatic carbocycles. The first-order valence-corrected chi connectivity index (χ1v) is 6.38. The summed E-state index contributed by atoms with van der Waals surface area (Å²) < 4.78 is 10.5. The van der Waals surface area contributed by atoms with Crippen LogP contribution >= 0.6 is 0 Å². The minimum absolute atomic E-state index is 0.198. The van der Waals surface area contributed by atoms with Gasteiger partial charge in [-0.3, -0.25) is 4.79 Å². The lowest BCUT2D eigenvalue weighted by Crippen LogP contribution is -2.48. The van der Waals surface area contributed by atoms with Crippen molar-refractivity contribution in [3.8, 4) is 0 Å². The van der Waals surface area contributed by atoms with Crippen molar-refractivity contribution >= 4 is 17.8 Å². The Kier molecular flexibility index (Phi) is 3.23. The number of carbonyl (C=O) groups excluding carboxylic acids is 2. The Morgan fingerprint density at radius 3 is 2.70 bits per heavy atom. The summed E-state index contributed by atoms with van der Waals surface area (Å²) in [6, 6.07) is 1.31. The van der Waals surface area contributed by atoms with E-state index in [1.165, 1.54) is 11.8 Å². The van der Waals surface area contributed by atoms with Gasteiger partial charge in [-0.25, -0.2) is 9.69 Å². The topological polar surface area (TPSA) is 84.7 Å². The highest BCUT2D eigenvalue weighted by atomic mass is 16.6. The summed E-state index contributed by atoms with van der Waals surface area (Å²) in [6.07, 6.45) is 0. The number of hydrogen-bond donors (Lipinski definition) is 1. The van der Waals surface area contributed by atoms with E-state index in [1.54, 1.807) is 13.0 Å². The molecule has 1 aromatic rings. The van der Waals surface area contributed by atoms with Gasteiger partial charge in [0, 0.05) is 18.4 Å². The number of ether oxygens (including phenoxy) is 1. The second-order valence-corrected chi connectivity index (χ2v) is 6.06. The number of esters is 1. The van der Waals surface area contributed by atoms with Crippen LogP contribution in [0.5, 0.6) is 0 Å². The first kappa shape index (κ1) is 14.4. The molecule has 2 rings (SSSR count). The summed E-state index contributed by atoms with van der Waals surface area (Å²) in [6.45, 7) is 9.09. The van der Waals surface area contributed by atoms with Gasteiger partial charge in [0.25, 0.3) is 0 Å². The summed E-state index contributed by atoms with van der Waals surface area (Å²) >= 11 is 0. The van der Waals surface area contributed by atoms with E-state index in [0.29, 0.717) is 11.6 Å². The van der Waals surface area contributed by atoms with Crippen molar-refractivity contribution in [2.24, 2.45) is 0 Å². The average Bonchev–Trinajstić information content (AvgIpc) is 2.82. The first-order valence-electron chi connectivity index (χ1n) is 6.38. The highest BCUT2D eigenvalue weighted by molar-refractivity contribution is 5.95. The summed E-state index contributed by atoms with van der Waals surface area (Å²) in [7, 11) is 0. The predicted molar refractivity (Wildman–Crippen MR) is 71.3 cm³/mol. The maximum atomic E-state index is 12.0. The van der Waals surface area contributed by atoms with Crippen LogP contribution in [0.25, 0.3) is 0 Å². The zero-order chi connectivity index (χ0) is 15.1. The van der Waals surface area contributed by atoms with E-state index in [4.69, 9.17) is 9.26 Å². The van der Waals surface area contributed by atoms with Gasteiger partial charge in [-0.05, 0) is 6.92 Å². The highest BCUT2D eigenvalue weighted by Crippen LogP contribution is 2.32. The number of carbonyl (C=O) groups is 2. The third-order valence-corrected chi connectivity index (χ3v) is 3.07. The number of anilines is 1. The second kappa shape index (κ2) is 4.50. The number of nitrogens with one attached hydrogen (secondary N) is 1. The molecule has 1 fully saturated rings. The Morgan fingerprint density at radius 1 is 1.55 bits per heavy atom. The van der Waals surface area contributed by atoms with Gasteiger partial charge >= 0.3 is 12.0 Å². The van der Waals surface area contributed by atoms with Crippen LogP contribution in [0.4, 0.5) is 10.6 Å². The maximum absolute atomic E-state index is 12.0. The molecule has 0 spiro atoms. The van der Waals surface area contributed by atoms with Crippen LogP contribution < -0.4 is 10.2 Å². The third-order valence-electron chi connectivity index (χ3n) is 3.07. The lowest BCUT2D eigenvalue weighted by molar-refractivity contribution is -0.152. The summed E-state index contributed by atoms with van der Waals surface area (Å²) in [5.74, 6) is 0.514. The van der Waals surface area contributed by atoms with E-state index in [2.05, 4.69) is 10.5 Å². The number of urea groups is 1. The van der Waals surface area contributed by atoms with Crippen LogP contribution in [0.3, 0.4) is 0 Å². The van der Waals surface area contributed by atoms with Gasteiger partial charge in [-0.2, -0.15) is 0 Å². The quantitative estimate of drug-likeness (QED) is 0.835. The number of aromatic nitrogens is 1. The Hall–Kier alpha value is -2.05. The van der Waals surface area contributed by atoms with Crippen LogP contribution in [0.1, 0.15) is 40.4 Å². The van der Waals surface area contributed by atoms with E-state index in [9.17, 15) is 9.59 Å². The van der Waals surface area contributed by atoms with Crippen molar-refractivity contribution in [1.82, 2.24) is 10.5 Å². The van der Waals surface area contributed by atoms with Gasteiger partial charge in [-0.15, -0.1) is 0 Å². The van der Waals surface area contributed by atoms with Crippen LogP contribution in [-0.4, -0.2) is 29.4 Å². The van der Waals surface area contributed by atoms with Gasteiger partial charge in [0.2, 0.25) is 5.72 Å². The normalized spacial score (nSPS) is 22.9. The molecule has 1 unspecified atom stereocenters. The Balaban J connectivity index is 2.36. The van der Waals surface area contributed by atoms with Gasteiger partial charge in [0.15, 0.2) is 5.82 Å².